The van der Waals surface area contributed by atoms with Gasteiger partial charge in [0.1, 0.15) is 6.61 Å². The molecular weight excluding hydrogens is 922 g/mol. The van der Waals surface area contributed by atoms with Gasteiger partial charge in [0, 0.05) is 247 Å². The van der Waals surface area contributed by atoms with Crippen molar-refractivity contribution >= 4 is 22.9 Å². The molecule has 1 amide bonds. The molecule has 0 spiro atoms. The van der Waals surface area contributed by atoms with Crippen LogP contribution in [-0.2, 0) is 244 Å². The Labute approximate surface area is 352 Å². The number of methoxy groups -OCH3 is 1. The van der Waals surface area contributed by atoms with Crippen LogP contribution in [0.5, 0.6) is 0 Å². The van der Waals surface area contributed by atoms with Crippen molar-refractivity contribution in [1.82, 2.24) is 29.7 Å². The van der Waals surface area contributed by atoms with Gasteiger partial charge in [0.2, 0.25) is 5.91 Å². The van der Waals surface area contributed by atoms with Crippen LogP contribution >= 0.6 is 0 Å². The van der Waals surface area contributed by atoms with Gasteiger partial charge in [-0.05, 0) is 6.33 Å². The van der Waals surface area contributed by atoms with E-state index in [1.165, 1.54) is 11.8 Å². The number of rotatable bonds is 5. The summed E-state index contributed by atoms with van der Waals surface area (Å²) in [6, 6.07) is 0. The average Bonchev–Trinajstić information content (AvgIpc) is 3.13. The quantitative estimate of drug-likeness (QED) is 0.365. The minimum Gasteiger partial charge on any atom is -0.425 e. The number of carbonyl (C=O) groups excluding carboxylic acids is 1. The summed E-state index contributed by atoms with van der Waals surface area (Å²) < 4.78 is 6.07. The van der Waals surface area contributed by atoms with Crippen LogP contribution in [0.15, 0.2) is 0 Å². The molecule has 3 aromatic heterocycles. The predicted molar refractivity (Wildman–Crippen MR) is 80.1 cm³/mol. The Morgan fingerprint density at radius 3 is 2.15 bits per heavy atom. The molecule has 0 aromatic carbocycles. The zero-order valence-electron chi connectivity index (χ0n) is 17.8. The zero-order chi connectivity index (χ0) is 16.4. The van der Waals surface area contributed by atoms with E-state index in [1.807, 2.05) is 13.8 Å². The molecule has 0 aliphatic rings. The molecule has 3 heterocycles. The number of hydrogen-bond donors (Lipinski definition) is 1. The van der Waals surface area contributed by atoms with Crippen molar-refractivity contribution in [2.75, 3.05) is 19.0 Å². The number of anilines is 1. The molecule has 3 rings (SSSR count). The van der Waals surface area contributed by atoms with Gasteiger partial charge in [-0.25, -0.2) is 0 Å². The Morgan fingerprint density at radius 2 is 1.64 bits per heavy atom. The number of nitrogens with one attached hydrogen (secondary N) is 1. The Morgan fingerprint density at radius 1 is 1.06 bits per heavy atom. The Hall–Kier alpha value is 4.59. The van der Waals surface area contributed by atoms with Gasteiger partial charge < -0.3 is 39.8 Å². The second-order valence-electron chi connectivity index (χ2n) is 4.79. The van der Waals surface area contributed by atoms with Crippen LogP contribution in [0, 0.1) is 19.4 Å². The van der Waals surface area contributed by atoms with E-state index < -0.39 is 0 Å². The fourth-order valence-corrected chi connectivity index (χ4v) is 2.23. The van der Waals surface area contributed by atoms with E-state index in [0.717, 1.165) is 23.2 Å². The molecule has 0 atom stereocenters. The maximum atomic E-state index is 11.6. The second-order valence-corrected chi connectivity index (χ2v) is 4.79. The van der Waals surface area contributed by atoms with E-state index in [1.54, 1.807) is 0 Å². The predicted octanol–water partition coefficient (Wildman–Crippen LogP) is 0.199. The summed E-state index contributed by atoms with van der Waals surface area (Å²) in [4.78, 5) is 28.5. The third kappa shape index (κ3) is 15.8. The fourth-order valence-electron chi connectivity index (χ4n) is 2.23. The van der Waals surface area contributed by atoms with E-state index in [0.29, 0.717) is 5.52 Å². The van der Waals surface area contributed by atoms with Gasteiger partial charge in [0.25, 0.3) is 0 Å². The number of pyridine rings is 1. The number of nitrogens with zero attached hydrogens (tertiary/aromatic N) is 6. The van der Waals surface area contributed by atoms with Gasteiger partial charge in [0.05, 0.1) is 0 Å². The molecule has 0 aliphatic heterocycles. The van der Waals surface area contributed by atoms with E-state index >= 15 is 0 Å². The van der Waals surface area contributed by atoms with Crippen molar-refractivity contribution in [3.63, 3.8) is 0 Å². The van der Waals surface area contributed by atoms with Gasteiger partial charge in [-0.2, -0.15) is 0 Å². The van der Waals surface area contributed by atoms with Crippen LogP contribution in [-0.4, -0.2) is 44.4 Å². The Kier molecular flexibility index (Phi) is 51.5. The molecule has 0 unspecified atom stereocenters. The molecule has 1 N–H and O–H groups in total. The minimum atomic E-state index is -0.357. The molecular formula is C14H14N7O2V7Y3-3. The van der Waals surface area contributed by atoms with E-state index in [2.05, 4.69) is 42.9 Å². The van der Waals surface area contributed by atoms with Gasteiger partial charge >= 0.3 is 0 Å². The van der Waals surface area contributed by atoms with Crippen LogP contribution in [0.1, 0.15) is 18.2 Å². The normalized spacial score (nSPS) is 7.73. The number of amides is 1. The molecule has 0 bridgehead atoms. The van der Waals surface area contributed by atoms with Crippen LogP contribution in [0.4, 0.5) is 5.95 Å². The topological polar surface area (TPSA) is 109 Å². The molecule has 3 aromatic rings. The summed E-state index contributed by atoms with van der Waals surface area (Å²) in [5.41, 5.74) is 3.14. The zero-order valence-corrected chi connectivity index (χ0v) is 36.1. The number of aryl methyl sites for hydroxylation is 2. The third-order valence-corrected chi connectivity index (χ3v) is 3.27. The first-order chi connectivity index (χ1) is 11.1. The third-order valence-electron chi connectivity index (χ3n) is 3.27. The first-order valence-electron chi connectivity index (χ1n) is 6.97. The first kappa shape index (κ1) is 57.5. The van der Waals surface area contributed by atoms with Crippen molar-refractivity contribution in [1.29, 1.82) is 0 Å². The molecule has 19 heteroatoms. The standard InChI is InChI=1S/C14H15N7O2.7V.3Y/c1-4-9-8(2)15-5-10-12(9)20-14(18-10)21-13(16-7-17-21)19-11(22)6-23-3;;;;;;;;;;/h4,6H2,1-3H3,(H2,15,16,17,18,19,20,22);;;;;;;;;;/q-2;;;;;;;;;;/p-1. The molecule has 0 fully saturated rings. The van der Waals surface area contributed by atoms with Crippen molar-refractivity contribution in [3.8, 4) is 5.95 Å². The van der Waals surface area contributed by atoms with Crippen molar-refractivity contribution in [2.45, 2.75) is 20.3 Å². The molecule has 0 saturated carbocycles. The minimum absolute atomic E-state index is 0. The summed E-state index contributed by atoms with van der Waals surface area (Å²) in [5, 5.41) is 6.50. The van der Waals surface area contributed by atoms with Crippen LogP contribution < -0.4 is 10.3 Å². The molecule has 0 aliphatic carbocycles. The average molecular weight is 936 g/mol. The Balaban J connectivity index is -0.000000104. The van der Waals surface area contributed by atoms with Crippen LogP contribution in [0.25, 0.3) is 17.0 Å². The van der Waals surface area contributed by atoms with Gasteiger partial charge in [-0.1, -0.05) is 37.7 Å². The van der Waals surface area contributed by atoms with Crippen LogP contribution in [0.3, 0.4) is 0 Å². The van der Waals surface area contributed by atoms with Crippen molar-refractivity contribution in [3.05, 3.63) is 23.8 Å². The first-order valence-corrected chi connectivity index (χ1v) is 6.97. The summed E-state index contributed by atoms with van der Waals surface area (Å²) >= 11 is 0. The smallest absolute Gasteiger partial charge is 0.235 e. The Bertz CT molecular complexity index is 890. The molecule has 33 heavy (non-hydrogen) atoms. The maximum Gasteiger partial charge on any atom is 0.235 e. The maximum absolute atomic E-state index is 11.6. The molecule has 10 radical (unpaired) electrons. The molecule has 164 valence electrons. The summed E-state index contributed by atoms with van der Waals surface area (Å²) in [5.74, 6) is 0.0921. The second kappa shape index (κ2) is 29.6. The molecule has 9 nitrogen and oxygen atoms in total. The SMILES string of the molecule is CCc1c(C)n[c-]c2nc(-n3n[c-]nc3NC(=O)COC)[n-]c12.[V].[V].[V].[V].[V].[V].[V].[Y].[Y].[Y]. The van der Waals surface area contributed by atoms with E-state index in [4.69, 9.17) is 4.74 Å². The van der Waals surface area contributed by atoms with E-state index in [-0.39, 0.29) is 252 Å². The van der Waals surface area contributed by atoms with E-state index in [9.17, 15) is 4.79 Å². The number of ether oxygens (including phenoxy) is 1. The van der Waals surface area contributed by atoms with Crippen molar-refractivity contribution in [2.24, 2.45) is 0 Å². The number of hydrogen-bond acceptors (Lipinski definition) is 6. The van der Waals surface area contributed by atoms with Gasteiger partial charge in [-0.15, -0.1) is 11.1 Å². The molecule has 0 saturated heterocycles. The summed E-state index contributed by atoms with van der Waals surface area (Å²) in [7, 11) is 1.43. The largest absolute Gasteiger partial charge is 0.425 e. The van der Waals surface area contributed by atoms with Crippen LogP contribution in [0.2, 0.25) is 0 Å². The fraction of sp³-hybridized carbons (Fsp3) is 0.357. The monoisotopic (exact) mass is 935 g/mol. The number of aromatic nitrogens is 6. The summed E-state index contributed by atoms with van der Waals surface area (Å²) in [6.07, 6.45) is 6.07. The number of fused-ring (bicyclic) bond motifs is 1. The number of imidazole rings is 1. The number of carbonyl (C=O) groups is 1. The van der Waals surface area contributed by atoms with Gasteiger partial charge in [0.15, 0.2) is 0 Å². The summed E-state index contributed by atoms with van der Waals surface area (Å²) in [6.45, 7) is 3.84. The van der Waals surface area contributed by atoms with Gasteiger partial charge in [-0.3, -0.25) is 4.79 Å². The van der Waals surface area contributed by atoms with Crippen molar-refractivity contribution < 1.29 is 238 Å².